The maximum atomic E-state index is 13.0. The molecule has 4 fully saturated rings. The van der Waals surface area contributed by atoms with E-state index >= 15 is 0 Å². The van der Waals surface area contributed by atoms with Gasteiger partial charge in [-0.05, 0) is 79.9 Å². The zero-order valence-corrected chi connectivity index (χ0v) is 22.7. The minimum Gasteiger partial charge on any atom is -0.322 e. The summed E-state index contributed by atoms with van der Waals surface area (Å²) in [6.07, 6.45) is 12.4. The van der Waals surface area contributed by atoms with Crippen LogP contribution in [-0.2, 0) is 22.6 Å². The minimum absolute atomic E-state index is 0.0873. The highest BCUT2D eigenvalue weighted by Crippen LogP contribution is 2.63. The highest BCUT2D eigenvalue weighted by Gasteiger charge is 2.57. The molecule has 3 aliphatic carbocycles. The second-order valence-corrected chi connectivity index (χ2v) is 14.9. The van der Waals surface area contributed by atoms with Crippen molar-refractivity contribution in [1.82, 2.24) is 15.5 Å². The van der Waals surface area contributed by atoms with Gasteiger partial charge in [0.15, 0.2) is 0 Å². The minimum atomic E-state index is -0.547. The molecule has 1 aromatic rings. The molecule has 2 aliphatic heterocycles. The SMILES string of the molecule is CC1(I)CC2(CC(N[C@H]3CCCC[C@@H]3Cc3ccc4c(c3)CN(C3CCC(=O)NC3=O)C4=O)C2)C1. The summed E-state index contributed by atoms with van der Waals surface area (Å²) in [5, 5.41) is 6.44. The van der Waals surface area contributed by atoms with E-state index in [9.17, 15) is 14.4 Å². The van der Waals surface area contributed by atoms with E-state index in [1.54, 1.807) is 4.90 Å². The van der Waals surface area contributed by atoms with Crippen LogP contribution in [0, 0.1) is 11.3 Å². The van der Waals surface area contributed by atoms with Gasteiger partial charge >= 0.3 is 0 Å². The average Bonchev–Trinajstić information content (AvgIpc) is 3.08. The van der Waals surface area contributed by atoms with Gasteiger partial charge < -0.3 is 10.2 Å². The number of hydrogen-bond acceptors (Lipinski definition) is 4. The molecule has 3 atom stereocenters. The number of halogens is 1. The average molecular weight is 590 g/mol. The second-order valence-electron chi connectivity index (χ2n) is 12.3. The number of benzene rings is 1. The molecule has 2 heterocycles. The molecule has 1 spiro atoms. The van der Waals surface area contributed by atoms with Crippen LogP contribution in [0.15, 0.2) is 18.2 Å². The van der Waals surface area contributed by atoms with Gasteiger partial charge in [0, 0.05) is 34.0 Å². The maximum Gasteiger partial charge on any atom is 0.255 e. The number of alkyl halides is 1. The first-order valence-corrected chi connectivity index (χ1v) is 14.5. The van der Waals surface area contributed by atoms with Crippen LogP contribution in [0.2, 0.25) is 0 Å². The van der Waals surface area contributed by atoms with Crippen LogP contribution in [0.25, 0.3) is 0 Å². The normalized spacial score (nSPS) is 38.7. The van der Waals surface area contributed by atoms with E-state index in [1.807, 2.05) is 6.07 Å². The number of piperidine rings is 1. The van der Waals surface area contributed by atoms with Gasteiger partial charge in [0.05, 0.1) is 0 Å². The monoisotopic (exact) mass is 589 g/mol. The van der Waals surface area contributed by atoms with E-state index in [1.165, 1.54) is 56.9 Å². The van der Waals surface area contributed by atoms with Gasteiger partial charge in [-0.2, -0.15) is 0 Å². The molecule has 6 nitrogen and oxygen atoms in total. The molecule has 7 heteroatoms. The van der Waals surface area contributed by atoms with Crippen molar-refractivity contribution >= 4 is 40.3 Å². The predicted octanol–water partition coefficient (Wildman–Crippen LogP) is 4.27. The largest absolute Gasteiger partial charge is 0.322 e. The van der Waals surface area contributed by atoms with Gasteiger partial charge in [0.2, 0.25) is 11.8 Å². The van der Waals surface area contributed by atoms with Gasteiger partial charge in [-0.1, -0.05) is 54.5 Å². The maximum absolute atomic E-state index is 13.0. The molecule has 6 rings (SSSR count). The van der Waals surface area contributed by atoms with Crippen molar-refractivity contribution < 1.29 is 14.4 Å². The molecule has 0 bridgehead atoms. The van der Waals surface area contributed by atoms with Crippen molar-refractivity contribution in [2.45, 2.75) is 106 Å². The Hall–Kier alpha value is -1.48. The fraction of sp³-hybridized carbons (Fsp3) is 0.679. The lowest BCUT2D eigenvalue weighted by molar-refractivity contribution is -0.136. The van der Waals surface area contributed by atoms with Gasteiger partial charge in [-0.25, -0.2) is 0 Å². The third kappa shape index (κ3) is 4.56. The summed E-state index contributed by atoms with van der Waals surface area (Å²) >= 11 is 2.64. The highest BCUT2D eigenvalue weighted by molar-refractivity contribution is 14.1. The lowest BCUT2D eigenvalue weighted by atomic mass is 9.50. The van der Waals surface area contributed by atoms with Crippen molar-refractivity contribution in [2.24, 2.45) is 11.3 Å². The number of hydrogen-bond donors (Lipinski definition) is 2. The molecule has 3 saturated carbocycles. The third-order valence-corrected chi connectivity index (χ3v) is 10.1. The number of nitrogens with zero attached hydrogens (tertiary/aromatic N) is 1. The summed E-state index contributed by atoms with van der Waals surface area (Å²) in [6, 6.07) is 7.00. The number of nitrogens with one attached hydrogen (secondary N) is 2. The summed E-state index contributed by atoms with van der Waals surface area (Å²) in [4.78, 5) is 38.5. The lowest BCUT2D eigenvalue weighted by Gasteiger charge is -2.61. The Morgan fingerprint density at radius 3 is 2.63 bits per heavy atom. The number of imide groups is 1. The van der Waals surface area contributed by atoms with E-state index in [0.717, 1.165) is 12.0 Å². The zero-order valence-electron chi connectivity index (χ0n) is 20.6. The van der Waals surface area contributed by atoms with Crippen molar-refractivity contribution in [1.29, 1.82) is 0 Å². The second kappa shape index (κ2) is 8.82. The highest BCUT2D eigenvalue weighted by atomic mass is 127. The van der Waals surface area contributed by atoms with E-state index in [0.29, 0.717) is 45.4 Å². The summed E-state index contributed by atoms with van der Waals surface area (Å²) in [6.45, 7) is 2.85. The third-order valence-electron chi connectivity index (χ3n) is 9.29. The Bertz CT molecular complexity index is 1050. The number of rotatable bonds is 5. The first-order chi connectivity index (χ1) is 16.7. The van der Waals surface area contributed by atoms with Crippen molar-refractivity contribution in [3.05, 3.63) is 34.9 Å². The molecule has 1 saturated heterocycles. The predicted molar refractivity (Wildman–Crippen MR) is 142 cm³/mol. The fourth-order valence-corrected chi connectivity index (χ4v) is 9.55. The molecule has 3 amide bonds. The smallest absolute Gasteiger partial charge is 0.255 e. The molecule has 1 unspecified atom stereocenters. The van der Waals surface area contributed by atoms with Crippen LogP contribution >= 0.6 is 22.6 Å². The van der Waals surface area contributed by atoms with Crippen molar-refractivity contribution in [2.75, 3.05) is 0 Å². The molecule has 0 radical (unpaired) electrons. The Kier molecular flexibility index (Phi) is 6.02. The molecule has 1 aromatic carbocycles. The Labute approximate surface area is 221 Å². The fourth-order valence-electron chi connectivity index (χ4n) is 7.94. The van der Waals surface area contributed by atoms with Crippen LogP contribution in [0.5, 0.6) is 0 Å². The van der Waals surface area contributed by atoms with E-state index in [-0.39, 0.29) is 24.1 Å². The van der Waals surface area contributed by atoms with Crippen molar-refractivity contribution in [3.8, 4) is 0 Å². The first-order valence-electron chi connectivity index (χ1n) is 13.4. The topological polar surface area (TPSA) is 78.5 Å². The summed E-state index contributed by atoms with van der Waals surface area (Å²) in [5.41, 5.74) is 3.66. The van der Waals surface area contributed by atoms with Crippen LogP contribution in [-0.4, -0.2) is 44.2 Å². The van der Waals surface area contributed by atoms with Crippen LogP contribution in [0.4, 0.5) is 0 Å². The summed E-state index contributed by atoms with van der Waals surface area (Å²) in [7, 11) is 0. The molecular formula is C28H36IN3O3. The summed E-state index contributed by atoms with van der Waals surface area (Å²) in [5.74, 6) is -0.0446. The zero-order chi connectivity index (χ0) is 24.4. The van der Waals surface area contributed by atoms with Crippen molar-refractivity contribution in [3.63, 3.8) is 0 Å². The van der Waals surface area contributed by atoms with Gasteiger partial charge in [-0.15, -0.1) is 0 Å². The first kappa shape index (κ1) is 23.9. The Balaban J connectivity index is 1.09. The number of carbonyl (C=O) groups excluding carboxylic acids is 3. The van der Waals surface area contributed by atoms with Crippen LogP contribution < -0.4 is 10.6 Å². The molecule has 0 aromatic heterocycles. The molecule has 188 valence electrons. The number of amides is 3. The van der Waals surface area contributed by atoms with Gasteiger partial charge in [0.1, 0.15) is 6.04 Å². The van der Waals surface area contributed by atoms with Gasteiger partial charge in [0.25, 0.3) is 5.91 Å². The molecule has 2 N–H and O–H groups in total. The lowest BCUT2D eigenvalue weighted by Crippen LogP contribution is -2.61. The molecule has 5 aliphatic rings. The molecule has 35 heavy (non-hydrogen) atoms. The number of carbonyl (C=O) groups is 3. The van der Waals surface area contributed by atoms with Crippen LogP contribution in [0.3, 0.4) is 0 Å². The standard InChI is InChI=1S/C28H36IN3O3/c1-27(29)15-28(16-27)12-20(13-28)30-22-5-3-2-4-18(22)10-17-6-7-21-19(11-17)14-32(26(21)35)23-8-9-24(33)31-25(23)34/h6-7,11,18,20,22-23,30H,2-5,8-10,12-16H2,1H3,(H,31,33,34)/t18-,20?,22+,23?,27?,28?/m1/s1. The Morgan fingerprint density at radius 1 is 1.11 bits per heavy atom. The van der Waals surface area contributed by atoms with Crippen LogP contribution in [0.1, 0.15) is 92.6 Å². The Morgan fingerprint density at radius 2 is 1.89 bits per heavy atom. The summed E-state index contributed by atoms with van der Waals surface area (Å²) < 4.78 is 0.527. The van der Waals surface area contributed by atoms with E-state index < -0.39 is 6.04 Å². The van der Waals surface area contributed by atoms with E-state index in [2.05, 4.69) is 52.3 Å². The van der Waals surface area contributed by atoms with E-state index in [4.69, 9.17) is 0 Å². The number of fused-ring (bicyclic) bond motifs is 1. The molecular weight excluding hydrogens is 553 g/mol. The van der Waals surface area contributed by atoms with Gasteiger partial charge in [-0.3, -0.25) is 19.7 Å². The quantitative estimate of drug-likeness (QED) is 0.306.